The number of hydrogen-bond donors (Lipinski definition) is 0. The smallest absolute Gasteiger partial charge is 0.135 e. The molecule has 3 heteroatoms. The molecule has 0 aliphatic rings. The van der Waals surface area contributed by atoms with Gasteiger partial charge < -0.3 is 4.42 Å². The summed E-state index contributed by atoms with van der Waals surface area (Å²) in [6.07, 6.45) is 1.80. The van der Waals surface area contributed by atoms with Gasteiger partial charge in [0.15, 0.2) is 0 Å². The van der Waals surface area contributed by atoms with Gasteiger partial charge in [0.05, 0.1) is 17.3 Å². The summed E-state index contributed by atoms with van der Waals surface area (Å²) in [5.74, 6) is 0. The SMILES string of the molecule is Cc1cc2oc3ccc(C#N)c(C)c3c2cc1-c1ccccn1. The zero-order valence-corrected chi connectivity index (χ0v) is 12.9. The van der Waals surface area contributed by atoms with Gasteiger partial charge in [-0.05, 0) is 61.4 Å². The highest BCUT2D eigenvalue weighted by Gasteiger charge is 2.14. The van der Waals surface area contributed by atoms with Crippen molar-refractivity contribution in [2.45, 2.75) is 13.8 Å². The molecule has 0 aliphatic heterocycles. The maximum Gasteiger partial charge on any atom is 0.135 e. The fraction of sp³-hybridized carbons (Fsp3) is 0.100. The van der Waals surface area contributed by atoms with E-state index < -0.39 is 0 Å². The molecule has 0 saturated carbocycles. The summed E-state index contributed by atoms with van der Waals surface area (Å²) >= 11 is 0. The first-order chi connectivity index (χ1) is 11.2. The van der Waals surface area contributed by atoms with Crippen LogP contribution < -0.4 is 0 Å². The van der Waals surface area contributed by atoms with Crippen molar-refractivity contribution in [3.8, 4) is 17.3 Å². The lowest BCUT2D eigenvalue weighted by Gasteiger charge is -2.05. The number of hydrogen-bond acceptors (Lipinski definition) is 3. The molecule has 0 spiro atoms. The fourth-order valence-electron chi connectivity index (χ4n) is 3.11. The zero-order valence-electron chi connectivity index (χ0n) is 12.9. The van der Waals surface area contributed by atoms with E-state index in [0.29, 0.717) is 5.56 Å². The van der Waals surface area contributed by atoms with Gasteiger partial charge >= 0.3 is 0 Å². The Hall–Kier alpha value is -3.12. The number of nitriles is 1. The molecule has 23 heavy (non-hydrogen) atoms. The van der Waals surface area contributed by atoms with Crippen LogP contribution in [0.1, 0.15) is 16.7 Å². The number of benzene rings is 2. The first-order valence-corrected chi connectivity index (χ1v) is 7.47. The first kappa shape index (κ1) is 13.5. The minimum Gasteiger partial charge on any atom is -0.456 e. The van der Waals surface area contributed by atoms with E-state index in [2.05, 4.69) is 24.0 Å². The van der Waals surface area contributed by atoms with Gasteiger partial charge in [-0.2, -0.15) is 5.26 Å². The van der Waals surface area contributed by atoms with Gasteiger partial charge in [-0.25, -0.2) is 0 Å². The predicted molar refractivity (Wildman–Crippen MR) is 91.1 cm³/mol. The van der Waals surface area contributed by atoms with Crippen LogP contribution in [0.5, 0.6) is 0 Å². The molecular formula is C20H14N2O. The number of furan rings is 1. The van der Waals surface area contributed by atoms with Crippen LogP contribution in [-0.2, 0) is 0 Å². The van der Waals surface area contributed by atoms with E-state index >= 15 is 0 Å². The lowest BCUT2D eigenvalue weighted by Crippen LogP contribution is -1.87. The average molecular weight is 298 g/mol. The van der Waals surface area contributed by atoms with Crippen molar-refractivity contribution in [3.05, 3.63) is 65.4 Å². The molecule has 0 fully saturated rings. The minimum atomic E-state index is 0.681. The number of nitrogens with zero attached hydrogens (tertiary/aromatic N) is 2. The van der Waals surface area contributed by atoms with Gasteiger partial charge in [-0.1, -0.05) is 6.07 Å². The molecule has 0 aliphatic carbocycles. The first-order valence-electron chi connectivity index (χ1n) is 7.47. The van der Waals surface area contributed by atoms with Crippen molar-refractivity contribution in [3.63, 3.8) is 0 Å². The Bertz CT molecular complexity index is 1090. The highest BCUT2D eigenvalue weighted by Crippen LogP contribution is 2.36. The molecule has 0 radical (unpaired) electrons. The highest BCUT2D eigenvalue weighted by molar-refractivity contribution is 6.08. The molecule has 0 N–H and O–H groups in total. The second kappa shape index (κ2) is 4.96. The molecule has 0 atom stereocenters. The maximum atomic E-state index is 9.27. The second-order valence-electron chi connectivity index (χ2n) is 5.70. The van der Waals surface area contributed by atoms with Gasteiger partial charge in [-0.15, -0.1) is 0 Å². The molecule has 0 saturated heterocycles. The van der Waals surface area contributed by atoms with E-state index in [1.807, 2.05) is 43.3 Å². The Labute approximate surface area is 133 Å². The van der Waals surface area contributed by atoms with E-state index in [1.165, 1.54) is 0 Å². The second-order valence-corrected chi connectivity index (χ2v) is 5.70. The normalized spacial score (nSPS) is 11.0. The summed E-state index contributed by atoms with van der Waals surface area (Å²) in [5, 5.41) is 11.3. The quantitative estimate of drug-likeness (QED) is 0.489. The number of aryl methyl sites for hydroxylation is 2. The minimum absolute atomic E-state index is 0.681. The van der Waals surface area contributed by atoms with Gasteiger partial charge in [0.1, 0.15) is 11.2 Å². The average Bonchev–Trinajstić information content (AvgIpc) is 2.93. The van der Waals surface area contributed by atoms with Gasteiger partial charge in [0, 0.05) is 22.5 Å². The Balaban J connectivity index is 2.11. The van der Waals surface area contributed by atoms with Crippen LogP contribution in [0.25, 0.3) is 33.2 Å². The lowest BCUT2D eigenvalue weighted by molar-refractivity contribution is 0.668. The van der Waals surface area contributed by atoms with E-state index in [4.69, 9.17) is 4.42 Å². The number of rotatable bonds is 1. The highest BCUT2D eigenvalue weighted by atomic mass is 16.3. The third kappa shape index (κ3) is 2.00. The van der Waals surface area contributed by atoms with E-state index in [0.717, 1.165) is 44.3 Å². The van der Waals surface area contributed by atoms with E-state index in [9.17, 15) is 5.26 Å². The summed E-state index contributed by atoms with van der Waals surface area (Å²) in [6.45, 7) is 4.03. The largest absolute Gasteiger partial charge is 0.456 e. The Morgan fingerprint density at radius 3 is 2.65 bits per heavy atom. The summed E-state index contributed by atoms with van der Waals surface area (Å²) in [7, 11) is 0. The monoisotopic (exact) mass is 298 g/mol. The summed E-state index contributed by atoms with van der Waals surface area (Å²) in [6, 6.07) is 16.0. The molecule has 3 nitrogen and oxygen atoms in total. The Morgan fingerprint density at radius 2 is 1.91 bits per heavy atom. The molecule has 4 rings (SSSR count). The van der Waals surface area contributed by atoms with E-state index in [1.54, 1.807) is 6.20 Å². The number of fused-ring (bicyclic) bond motifs is 3. The van der Waals surface area contributed by atoms with E-state index in [-0.39, 0.29) is 0 Å². The summed E-state index contributed by atoms with van der Waals surface area (Å²) in [5.41, 5.74) is 6.44. The maximum absolute atomic E-state index is 9.27. The van der Waals surface area contributed by atoms with Gasteiger partial charge in [0.2, 0.25) is 0 Å². The molecule has 2 aromatic carbocycles. The van der Waals surface area contributed by atoms with Crippen LogP contribution in [0.15, 0.2) is 53.1 Å². The van der Waals surface area contributed by atoms with Crippen molar-refractivity contribution < 1.29 is 4.42 Å². The van der Waals surface area contributed by atoms with Crippen LogP contribution in [-0.4, -0.2) is 4.98 Å². The number of aromatic nitrogens is 1. The molecule has 0 amide bonds. The summed E-state index contributed by atoms with van der Waals surface area (Å²) < 4.78 is 5.97. The van der Waals surface area contributed by atoms with Crippen molar-refractivity contribution in [2.24, 2.45) is 0 Å². The van der Waals surface area contributed by atoms with Crippen molar-refractivity contribution in [1.82, 2.24) is 4.98 Å². The van der Waals surface area contributed by atoms with Crippen LogP contribution in [0.2, 0.25) is 0 Å². The molecule has 2 heterocycles. The van der Waals surface area contributed by atoms with Crippen molar-refractivity contribution >= 4 is 21.9 Å². The predicted octanol–water partition coefficient (Wildman–Crippen LogP) is 5.14. The van der Waals surface area contributed by atoms with Gasteiger partial charge in [0.25, 0.3) is 0 Å². The third-order valence-electron chi connectivity index (χ3n) is 4.30. The Morgan fingerprint density at radius 1 is 1.04 bits per heavy atom. The molecule has 110 valence electrons. The third-order valence-corrected chi connectivity index (χ3v) is 4.30. The molecule has 2 aromatic heterocycles. The van der Waals surface area contributed by atoms with Crippen LogP contribution in [0, 0.1) is 25.2 Å². The molecular weight excluding hydrogens is 284 g/mol. The standard InChI is InChI=1S/C20H14N2O/c1-12-9-19-16(10-15(12)17-5-3-4-8-22-17)20-13(2)14(11-21)6-7-18(20)23-19/h3-10H,1-2H3. The molecule has 0 bridgehead atoms. The molecule has 4 aromatic rings. The Kier molecular flexibility index (Phi) is 2.92. The number of pyridine rings is 1. The molecule has 0 unspecified atom stereocenters. The topological polar surface area (TPSA) is 49.8 Å². The zero-order chi connectivity index (χ0) is 16.0. The van der Waals surface area contributed by atoms with Crippen LogP contribution >= 0.6 is 0 Å². The fourth-order valence-corrected chi connectivity index (χ4v) is 3.11. The van der Waals surface area contributed by atoms with Crippen LogP contribution in [0.4, 0.5) is 0 Å². The van der Waals surface area contributed by atoms with Crippen molar-refractivity contribution in [1.29, 1.82) is 5.26 Å². The summed E-state index contributed by atoms with van der Waals surface area (Å²) in [4.78, 5) is 4.45. The van der Waals surface area contributed by atoms with Crippen molar-refractivity contribution in [2.75, 3.05) is 0 Å². The van der Waals surface area contributed by atoms with Gasteiger partial charge in [-0.3, -0.25) is 4.98 Å². The van der Waals surface area contributed by atoms with Crippen LogP contribution in [0.3, 0.4) is 0 Å². The lowest BCUT2D eigenvalue weighted by atomic mass is 9.98.